The molecule has 0 aliphatic rings. The van der Waals surface area contributed by atoms with Gasteiger partial charge in [-0.05, 0) is 13.8 Å². The molecule has 0 unspecified atom stereocenters. The van der Waals surface area contributed by atoms with E-state index in [1.165, 1.54) is 12.5 Å². The molecule has 0 radical (unpaired) electrons. The molecule has 0 fully saturated rings. The molecule has 110 valence electrons. The quantitative estimate of drug-likeness (QED) is 0.902. The summed E-state index contributed by atoms with van der Waals surface area (Å²) in [5.74, 6) is 0.399. The maximum absolute atomic E-state index is 12.1. The van der Waals surface area contributed by atoms with E-state index in [1.807, 2.05) is 27.7 Å². The van der Waals surface area contributed by atoms with Crippen molar-refractivity contribution in [1.82, 2.24) is 19.7 Å². The first-order valence-corrected chi connectivity index (χ1v) is 7.67. The van der Waals surface area contributed by atoms with E-state index in [0.29, 0.717) is 5.89 Å². The fraction of sp³-hybridized carbons (Fsp3) is 0.545. The molecule has 9 heteroatoms. The number of imidazole rings is 1. The smallest absolute Gasteiger partial charge is 0.329 e. The molecule has 0 spiro atoms. The molecule has 2 aromatic rings. The van der Waals surface area contributed by atoms with E-state index in [4.69, 9.17) is 4.42 Å². The summed E-state index contributed by atoms with van der Waals surface area (Å²) >= 11 is 0. The molecule has 0 aliphatic carbocycles. The van der Waals surface area contributed by atoms with Gasteiger partial charge in [-0.1, -0.05) is 18.9 Å². The molecule has 0 bridgehead atoms. The third-order valence-electron chi connectivity index (χ3n) is 2.61. The van der Waals surface area contributed by atoms with Crippen LogP contribution in [0.15, 0.2) is 22.0 Å². The fourth-order valence-electron chi connectivity index (χ4n) is 1.42. The fourth-order valence-corrected chi connectivity index (χ4v) is 2.28. The van der Waals surface area contributed by atoms with Crippen LogP contribution in [0, 0.1) is 0 Å². The molecule has 1 N–H and O–H groups in total. The average Bonchev–Trinajstić information content (AvgIpc) is 2.95. The van der Waals surface area contributed by atoms with Gasteiger partial charge in [-0.15, -0.1) is 5.10 Å². The minimum Gasteiger partial charge on any atom is -0.407 e. The van der Waals surface area contributed by atoms with E-state index in [9.17, 15) is 8.42 Å². The predicted molar refractivity (Wildman–Crippen MR) is 71.8 cm³/mol. The van der Waals surface area contributed by atoms with Gasteiger partial charge in [-0.2, -0.15) is 8.42 Å². The molecular weight excluding hydrogens is 282 g/mol. The highest BCUT2D eigenvalue weighted by Gasteiger charge is 2.21. The SMILES string of the molecule is CC(C)c1nnc(NS(=O)(=O)c2cn(C(C)C)cn2)o1. The molecular formula is C11H17N5O3S. The van der Waals surface area contributed by atoms with Gasteiger partial charge in [0.15, 0.2) is 5.03 Å². The normalized spacial score (nSPS) is 12.3. The number of sulfonamides is 1. The minimum atomic E-state index is -3.82. The minimum absolute atomic E-state index is 0.0286. The van der Waals surface area contributed by atoms with Crippen molar-refractivity contribution >= 4 is 16.0 Å². The maximum atomic E-state index is 12.1. The van der Waals surface area contributed by atoms with Gasteiger partial charge in [0.05, 0.1) is 6.33 Å². The van der Waals surface area contributed by atoms with Crippen LogP contribution in [0.4, 0.5) is 6.01 Å². The number of anilines is 1. The molecule has 0 aliphatic heterocycles. The largest absolute Gasteiger partial charge is 0.407 e. The Morgan fingerprint density at radius 3 is 2.45 bits per heavy atom. The Morgan fingerprint density at radius 1 is 1.25 bits per heavy atom. The molecule has 8 nitrogen and oxygen atoms in total. The van der Waals surface area contributed by atoms with E-state index in [-0.39, 0.29) is 23.0 Å². The number of hydrogen-bond donors (Lipinski definition) is 1. The zero-order valence-corrected chi connectivity index (χ0v) is 12.5. The van der Waals surface area contributed by atoms with Gasteiger partial charge < -0.3 is 8.98 Å². The highest BCUT2D eigenvalue weighted by atomic mass is 32.2. The van der Waals surface area contributed by atoms with Crippen LogP contribution >= 0.6 is 0 Å². The second-order valence-electron chi connectivity index (χ2n) is 4.96. The van der Waals surface area contributed by atoms with Crippen molar-refractivity contribution in [1.29, 1.82) is 0 Å². The third kappa shape index (κ3) is 2.98. The summed E-state index contributed by atoms with van der Waals surface area (Å²) in [7, 11) is -3.82. The Bertz CT molecular complexity index is 686. The number of rotatable bonds is 5. The summed E-state index contributed by atoms with van der Waals surface area (Å²) < 4.78 is 33.3. The highest BCUT2D eigenvalue weighted by Crippen LogP contribution is 2.18. The van der Waals surface area contributed by atoms with Crippen molar-refractivity contribution in [3.8, 4) is 0 Å². The van der Waals surface area contributed by atoms with Gasteiger partial charge in [0.2, 0.25) is 5.89 Å². The van der Waals surface area contributed by atoms with Crippen molar-refractivity contribution in [2.75, 3.05) is 4.72 Å². The van der Waals surface area contributed by atoms with Crippen LogP contribution in [0.5, 0.6) is 0 Å². The summed E-state index contributed by atoms with van der Waals surface area (Å²) in [5.41, 5.74) is 0. The van der Waals surface area contributed by atoms with Crippen molar-refractivity contribution < 1.29 is 12.8 Å². The van der Waals surface area contributed by atoms with Crippen molar-refractivity contribution in [3.63, 3.8) is 0 Å². The maximum Gasteiger partial charge on any atom is 0.329 e. The van der Waals surface area contributed by atoms with Crippen molar-refractivity contribution in [2.24, 2.45) is 0 Å². The van der Waals surface area contributed by atoms with Gasteiger partial charge in [0.1, 0.15) is 0 Å². The molecule has 2 rings (SSSR count). The molecule has 0 atom stereocenters. The van der Waals surface area contributed by atoms with Gasteiger partial charge in [0, 0.05) is 18.2 Å². The number of aromatic nitrogens is 4. The van der Waals surface area contributed by atoms with Gasteiger partial charge in [-0.25, -0.2) is 9.71 Å². The van der Waals surface area contributed by atoms with Crippen LogP contribution in [0.25, 0.3) is 0 Å². The lowest BCUT2D eigenvalue weighted by Crippen LogP contribution is -2.13. The van der Waals surface area contributed by atoms with Gasteiger partial charge in [0.25, 0.3) is 10.0 Å². The number of nitrogens with one attached hydrogen (secondary N) is 1. The van der Waals surface area contributed by atoms with Crippen molar-refractivity contribution in [2.45, 2.75) is 44.7 Å². The standard InChI is InChI=1S/C11H17N5O3S/c1-7(2)10-13-14-11(19-10)15-20(17,18)9-5-16(6-12-9)8(3)4/h5-8H,1-4H3,(H,14,15). The van der Waals surface area contributed by atoms with Gasteiger partial charge in [-0.3, -0.25) is 0 Å². The monoisotopic (exact) mass is 299 g/mol. The first-order valence-electron chi connectivity index (χ1n) is 6.19. The molecule has 20 heavy (non-hydrogen) atoms. The molecule has 0 aromatic carbocycles. The van der Waals surface area contributed by atoms with E-state index in [1.54, 1.807) is 4.57 Å². The predicted octanol–water partition coefficient (Wildman–Crippen LogP) is 1.77. The Labute approximate surface area is 117 Å². The Hall–Kier alpha value is -1.90. The van der Waals surface area contributed by atoms with Crippen LogP contribution in [-0.2, 0) is 10.0 Å². The zero-order valence-electron chi connectivity index (χ0n) is 11.7. The first-order chi connectivity index (χ1) is 9.29. The third-order valence-corrected chi connectivity index (χ3v) is 3.81. The Balaban J connectivity index is 2.21. The summed E-state index contributed by atoms with van der Waals surface area (Å²) in [4.78, 5) is 3.87. The molecule has 2 heterocycles. The van der Waals surface area contributed by atoms with Crippen LogP contribution in [0.2, 0.25) is 0 Å². The van der Waals surface area contributed by atoms with E-state index in [2.05, 4.69) is 19.9 Å². The zero-order chi connectivity index (χ0) is 14.9. The summed E-state index contributed by atoms with van der Waals surface area (Å²) in [6, 6.07) is -0.0322. The lowest BCUT2D eigenvalue weighted by molar-refractivity contribution is 0.483. The molecule has 0 saturated carbocycles. The van der Waals surface area contributed by atoms with Crippen LogP contribution in [0.1, 0.15) is 45.5 Å². The first kappa shape index (κ1) is 14.5. The summed E-state index contributed by atoms with van der Waals surface area (Å²) in [5, 5.41) is 7.32. The van der Waals surface area contributed by atoms with E-state index in [0.717, 1.165) is 0 Å². The summed E-state index contributed by atoms with van der Waals surface area (Å²) in [6.07, 6.45) is 2.92. The molecule has 0 saturated heterocycles. The lowest BCUT2D eigenvalue weighted by Gasteiger charge is -2.04. The molecule has 2 aromatic heterocycles. The number of nitrogens with zero attached hydrogens (tertiary/aromatic N) is 4. The Kier molecular flexibility index (Phi) is 3.80. The van der Waals surface area contributed by atoms with Crippen LogP contribution in [-0.4, -0.2) is 28.2 Å². The molecule has 0 amide bonds. The van der Waals surface area contributed by atoms with E-state index >= 15 is 0 Å². The second kappa shape index (κ2) is 5.23. The second-order valence-corrected chi connectivity index (χ2v) is 6.59. The van der Waals surface area contributed by atoms with Crippen LogP contribution in [0.3, 0.4) is 0 Å². The van der Waals surface area contributed by atoms with E-state index < -0.39 is 10.0 Å². The Morgan fingerprint density at radius 2 is 1.95 bits per heavy atom. The summed E-state index contributed by atoms with van der Waals surface area (Å²) in [6.45, 7) is 7.60. The topological polar surface area (TPSA) is 103 Å². The average molecular weight is 299 g/mol. The van der Waals surface area contributed by atoms with Crippen LogP contribution < -0.4 is 4.72 Å². The van der Waals surface area contributed by atoms with Crippen molar-refractivity contribution in [3.05, 3.63) is 18.4 Å². The number of hydrogen-bond acceptors (Lipinski definition) is 6. The highest BCUT2D eigenvalue weighted by molar-refractivity contribution is 7.92. The lowest BCUT2D eigenvalue weighted by atomic mass is 10.2. The van der Waals surface area contributed by atoms with Gasteiger partial charge >= 0.3 is 6.01 Å².